The summed E-state index contributed by atoms with van der Waals surface area (Å²) in [6, 6.07) is 0.701. The predicted octanol–water partition coefficient (Wildman–Crippen LogP) is 2.12. The molecule has 2 fully saturated rings. The van der Waals surface area contributed by atoms with Crippen molar-refractivity contribution in [2.24, 2.45) is 11.8 Å². The third kappa shape index (κ3) is 3.94. The smallest absolute Gasteiger partial charge is 0.0503 e. The molecule has 1 saturated heterocycles. The molecule has 2 atom stereocenters. The van der Waals surface area contributed by atoms with E-state index in [1.165, 1.54) is 58.2 Å². The fourth-order valence-corrected chi connectivity index (χ4v) is 3.74. The van der Waals surface area contributed by atoms with E-state index in [9.17, 15) is 0 Å². The van der Waals surface area contributed by atoms with Crippen LogP contribution in [-0.4, -0.2) is 51.3 Å². The van der Waals surface area contributed by atoms with Crippen LogP contribution >= 0.6 is 0 Å². The zero-order chi connectivity index (χ0) is 12.8. The Morgan fingerprint density at radius 3 is 2.67 bits per heavy atom. The monoisotopic (exact) mass is 254 g/mol. The third-order valence-corrected chi connectivity index (χ3v) is 4.82. The van der Waals surface area contributed by atoms with Gasteiger partial charge in [-0.25, -0.2) is 0 Å². The number of methoxy groups -OCH3 is 1. The lowest BCUT2D eigenvalue weighted by Crippen LogP contribution is -2.44. The molecule has 1 aliphatic heterocycles. The van der Waals surface area contributed by atoms with E-state index in [1.54, 1.807) is 0 Å². The van der Waals surface area contributed by atoms with Crippen molar-refractivity contribution in [1.82, 2.24) is 10.2 Å². The van der Waals surface area contributed by atoms with Crippen molar-refractivity contribution in [2.75, 3.05) is 40.4 Å². The van der Waals surface area contributed by atoms with Gasteiger partial charge < -0.3 is 15.0 Å². The molecule has 18 heavy (non-hydrogen) atoms. The van der Waals surface area contributed by atoms with E-state index in [2.05, 4.69) is 17.3 Å². The van der Waals surface area contributed by atoms with Crippen LogP contribution in [0.1, 0.15) is 38.5 Å². The summed E-state index contributed by atoms with van der Waals surface area (Å²) < 4.78 is 5.28. The SMILES string of the molecule is CNC(CN1CCC(COC)C1)C1CCCCC1. The Balaban J connectivity index is 1.76. The molecule has 0 aromatic rings. The zero-order valence-corrected chi connectivity index (χ0v) is 12.2. The van der Waals surface area contributed by atoms with E-state index in [4.69, 9.17) is 4.74 Å². The van der Waals surface area contributed by atoms with Crippen LogP contribution in [0.3, 0.4) is 0 Å². The van der Waals surface area contributed by atoms with Gasteiger partial charge in [0.15, 0.2) is 0 Å². The van der Waals surface area contributed by atoms with Gasteiger partial charge in [0.05, 0.1) is 6.61 Å². The second-order valence-corrected chi connectivity index (χ2v) is 6.16. The summed E-state index contributed by atoms with van der Waals surface area (Å²) in [5.74, 6) is 1.67. The molecule has 0 amide bonds. The Hall–Kier alpha value is -0.120. The van der Waals surface area contributed by atoms with Crippen LogP contribution in [0.2, 0.25) is 0 Å². The highest BCUT2D eigenvalue weighted by atomic mass is 16.5. The lowest BCUT2D eigenvalue weighted by Gasteiger charge is -2.33. The highest BCUT2D eigenvalue weighted by Crippen LogP contribution is 2.27. The number of ether oxygens (including phenoxy) is 1. The van der Waals surface area contributed by atoms with E-state index in [-0.39, 0.29) is 0 Å². The van der Waals surface area contributed by atoms with Crippen LogP contribution in [0.4, 0.5) is 0 Å². The first-order chi connectivity index (χ1) is 8.83. The number of hydrogen-bond donors (Lipinski definition) is 1. The fraction of sp³-hybridized carbons (Fsp3) is 1.00. The maximum atomic E-state index is 5.28. The van der Waals surface area contributed by atoms with Crippen LogP contribution in [0, 0.1) is 11.8 Å². The molecule has 2 aliphatic rings. The molecule has 3 heteroatoms. The molecule has 2 rings (SSSR count). The van der Waals surface area contributed by atoms with Crippen molar-refractivity contribution in [1.29, 1.82) is 0 Å². The molecule has 1 aliphatic carbocycles. The summed E-state index contributed by atoms with van der Waals surface area (Å²) in [4.78, 5) is 2.64. The average Bonchev–Trinajstić information content (AvgIpc) is 2.85. The van der Waals surface area contributed by atoms with E-state index in [0.717, 1.165) is 18.4 Å². The Bertz CT molecular complexity index is 229. The molecular formula is C15H30N2O. The van der Waals surface area contributed by atoms with Gasteiger partial charge in [0, 0.05) is 26.2 Å². The zero-order valence-electron chi connectivity index (χ0n) is 12.2. The van der Waals surface area contributed by atoms with Crippen LogP contribution in [0.25, 0.3) is 0 Å². The summed E-state index contributed by atoms with van der Waals surface area (Å²) in [7, 11) is 3.96. The van der Waals surface area contributed by atoms with Gasteiger partial charge in [-0.3, -0.25) is 0 Å². The molecule has 3 nitrogen and oxygen atoms in total. The van der Waals surface area contributed by atoms with E-state index in [1.807, 2.05) is 7.11 Å². The number of nitrogens with one attached hydrogen (secondary N) is 1. The first-order valence-corrected chi connectivity index (χ1v) is 7.72. The van der Waals surface area contributed by atoms with Crippen molar-refractivity contribution < 1.29 is 4.74 Å². The number of likely N-dealkylation sites (tertiary alicyclic amines) is 1. The minimum absolute atomic E-state index is 0.701. The van der Waals surface area contributed by atoms with Gasteiger partial charge in [0.1, 0.15) is 0 Å². The number of hydrogen-bond acceptors (Lipinski definition) is 3. The lowest BCUT2D eigenvalue weighted by molar-refractivity contribution is 0.148. The van der Waals surface area contributed by atoms with Crippen molar-refractivity contribution in [3.8, 4) is 0 Å². The molecule has 0 bridgehead atoms. The molecule has 1 N–H and O–H groups in total. The predicted molar refractivity (Wildman–Crippen MR) is 75.8 cm³/mol. The van der Waals surface area contributed by atoms with Crippen molar-refractivity contribution >= 4 is 0 Å². The van der Waals surface area contributed by atoms with Gasteiger partial charge in [0.25, 0.3) is 0 Å². The second kappa shape index (κ2) is 7.46. The molecule has 0 spiro atoms. The number of nitrogens with zero attached hydrogens (tertiary/aromatic N) is 1. The van der Waals surface area contributed by atoms with Crippen LogP contribution in [-0.2, 0) is 4.74 Å². The highest BCUT2D eigenvalue weighted by molar-refractivity contribution is 4.84. The molecule has 0 aromatic carbocycles. The van der Waals surface area contributed by atoms with E-state index < -0.39 is 0 Å². The Labute approximate surface area is 112 Å². The summed E-state index contributed by atoms with van der Waals surface area (Å²) in [5, 5.41) is 3.57. The molecule has 2 unspecified atom stereocenters. The van der Waals surface area contributed by atoms with Gasteiger partial charge >= 0.3 is 0 Å². The van der Waals surface area contributed by atoms with Gasteiger partial charge in [0.2, 0.25) is 0 Å². The van der Waals surface area contributed by atoms with Crippen molar-refractivity contribution in [3.05, 3.63) is 0 Å². The van der Waals surface area contributed by atoms with Crippen molar-refractivity contribution in [2.45, 2.75) is 44.6 Å². The van der Waals surface area contributed by atoms with E-state index in [0.29, 0.717) is 6.04 Å². The average molecular weight is 254 g/mol. The molecule has 106 valence electrons. The summed E-state index contributed by atoms with van der Waals surface area (Å²) in [6.45, 7) is 4.67. The third-order valence-electron chi connectivity index (χ3n) is 4.82. The normalized spacial score (nSPS) is 28.7. The number of likely N-dealkylation sites (N-methyl/N-ethyl adjacent to an activating group) is 1. The second-order valence-electron chi connectivity index (χ2n) is 6.16. The summed E-state index contributed by atoms with van der Waals surface area (Å²) in [6.07, 6.45) is 8.51. The molecule has 0 radical (unpaired) electrons. The first kappa shape index (κ1) is 14.3. The molecular weight excluding hydrogens is 224 g/mol. The minimum Gasteiger partial charge on any atom is -0.384 e. The van der Waals surface area contributed by atoms with Crippen molar-refractivity contribution in [3.63, 3.8) is 0 Å². The highest BCUT2D eigenvalue weighted by Gasteiger charge is 2.28. The fourth-order valence-electron chi connectivity index (χ4n) is 3.74. The summed E-state index contributed by atoms with van der Waals surface area (Å²) in [5.41, 5.74) is 0. The maximum absolute atomic E-state index is 5.28. The minimum atomic E-state index is 0.701. The van der Waals surface area contributed by atoms with Gasteiger partial charge in [-0.1, -0.05) is 19.3 Å². The van der Waals surface area contributed by atoms with Crippen LogP contribution < -0.4 is 5.32 Å². The van der Waals surface area contributed by atoms with Gasteiger partial charge in [-0.05, 0) is 44.7 Å². The topological polar surface area (TPSA) is 24.5 Å². The Kier molecular flexibility index (Phi) is 5.93. The molecule has 1 heterocycles. The van der Waals surface area contributed by atoms with Crippen LogP contribution in [0.15, 0.2) is 0 Å². The van der Waals surface area contributed by atoms with Gasteiger partial charge in [-0.2, -0.15) is 0 Å². The standard InChI is InChI=1S/C15H30N2O/c1-16-15(14-6-4-3-5-7-14)11-17-9-8-13(10-17)12-18-2/h13-16H,3-12H2,1-2H3. The summed E-state index contributed by atoms with van der Waals surface area (Å²) >= 11 is 0. The van der Waals surface area contributed by atoms with E-state index >= 15 is 0 Å². The van der Waals surface area contributed by atoms with Crippen LogP contribution in [0.5, 0.6) is 0 Å². The Morgan fingerprint density at radius 2 is 2.00 bits per heavy atom. The first-order valence-electron chi connectivity index (χ1n) is 7.72. The quantitative estimate of drug-likeness (QED) is 0.786. The maximum Gasteiger partial charge on any atom is 0.0503 e. The lowest BCUT2D eigenvalue weighted by atomic mass is 9.83. The molecule has 1 saturated carbocycles. The Morgan fingerprint density at radius 1 is 1.22 bits per heavy atom. The number of rotatable bonds is 6. The largest absolute Gasteiger partial charge is 0.384 e. The van der Waals surface area contributed by atoms with Gasteiger partial charge in [-0.15, -0.1) is 0 Å². The molecule has 0 aromatic heterocycles.